The number of halogens is 1. The predicted molar refractivity (Wildman–Crippen MR) is 109 cm³/mol. The normalized spacial score (nSPS) is 17.6. The van der Waals surface area contributed by atoms with E-state index >= 15 is 0 Å². The largest absolute Gasteiger partial charge is 0.357 e. The summed E-state index contributed by atoms with van der Waals surface area (Å²) >= 11 is 0. The van der Waals surface area contributed by atoms with Crippen molar-refractivity contribution in [3.05, 3.63) is 0 Å². The van der Waals surface area contributed by atoms with E-state index in [0.717, 1.165) is 38.4 Å². The first-order chi connectivity index (χ1) is 10.5. The Balaban J connectivity index is 0.00000484. The maximum absolute atomic E-state index is 11.5. The number of aliphatic imine (C=N–C) groups is 1. The van der Waals surface area contributed by atoms with Gasteiger partial charge in [0, 0.05) is 31.4 Å². The van der Waals surface area contributed by atoms with Crippen LogP contribution < -0.4 is 10.6 Å². The molecule has 0 aromatic rings. The van der Waals surface area contributed by atoms with Gasteiger partial charge in [0.1, 0.15) is 0 Å². The van der Waals surface area contributed by atoms with Crippen molar-refractivity contribution in [3.8, 4) is 0 Å². The van der Waals surface area contributed by atoms with Crippen molar-refractivity contribution in [2.75, 3.05) is 44.2 Å². The molecule has 1 aliphatic heterocycles. The second-order valence-corrected chi connectivity index (χ2v) is 8.23. The van der Waals surface area contributed by atoms with Crippen molar-refractivity contribution in [2.24, 2.45) is 4.99 Å². The summed E-state index contributed by atoms with van der Waals surface area (Å²) in [5, 5.41) is 6.64. The molecule has 0 unspecified atom stereocenters. The van der Waals surface area contributed by atoms with Crippen LogP contribution in [0.2, 0.25) is 0 Å². The molecule has 0 saturated carbocycles. The summed E-state index contributed by atoms with van der Waals surface area (Å²) in [6.07, 6.45) is 3.42. The van der Waals surface area contributed by atoms with Crippen LogP contribution in [0.1, 0.15) is 40.0 Å². The van der Waals surface area contributed by atoms with Gasteiger partial charge in [-0.1, -0.05) is 13.8 Å². The van der Waals surface area contributed by atoms with Crippen molar-refractivity contribution in [2.45, 2.75) is 46.1 Å². The first-order valence-corrected chi connectivity index (χ1v) is 10.3. The van der Waals surface area contributed by atoms with Crippen LogP contribution in [0.15, 0.2) is 4.99 Å². The zero-order valence-electron chi connectivity index (χ0n) is 14.7. The Morgan fingerprint density at radius 1 is 1.22 bits per heavy atom. The van der Waals surface area contributed by atoms with E-state index in [1.807, 2.05) is 6.92 Å². The zero-order chi connectivity index (χ0) is 16.4. The fourth-order valence-electron chi connectivity index (χ4n) is 2.57. The molecule has 1 aliphatic rings. The summed E-state index contributed by atoms with van der Waals surface area (Å²) in [7, 11) is -2.95. The van der Waals surface area contributed by atoms with Gasteiger partial charge < -0.3 is 15.5 Å². The molecule has 0 spiro atoms. The lowest BCUT2D eigenvalue weighted by Gasteiger charge is -2.32. The summed E-state index contributed by atoms with van der Waals surface area (Å²) in [4.78, 5) is 6.89. The molecule has 0 bridgehead atoms. The van der Waals surface area contributed by atoms with Gasteiger partial charge in [-0.25, -0.2) is 8.42 Å². The van der Waals surface area contributed by atoms with Crippen LogP contribution in [0.3, 0.4) is 0 Å². The second-order valence-electron chi connectivity index (χ2n) is 5.76. The number of hydrogen-bond acceptors (Lipinski definition) is 4. The van der Waals surface area contributed by atoms with Crippen molar-refractivity contribution in [1.82, 2.24) is 15.5 Å². The number of guanidine groups is 1. The van der Waals surface area contributed by atoms with Gasteiger partial charge in [-0.15, -0.1) is 24.0 Å². The summed E-state index contributed by atoms with van der Waals surface area (Å²) < 4.78 is 23.0. The van der Waals surface area contributed by atoms with Gasteiger partial charge in [-0.3, -0.25) is 4.99 Å². The molecule has 1 fully saturated rings. The molecular formula is C15H33IN4O2S. The minimum absolute atomic E-state index is 0. The van der Waals surface area contributed by atoms with Crippen molar-refractivity contribution in [1.29, 1.82) is 0 Å². The van der Waals surface area contributed by atoms with Gasteiger partial charge in [0.05, 0.1) is 12.3 Å². The zero-order valence-corrected chi connectivity index (χ0v) is 17.8. The molecule has 0 radical (unpaired) electrons. The Kier molecular flexibility index (Phi) is 12.2. The number of hydrogen-bond donors (Lipinski definition) is 2. The molecule has 0 atom stereocenters. The number of nitrogens with one attached hydrogen (secondary N) is 2. The first kappa shape index (κ1) is 22.9. The van der Waals surface area contributed by atoms with Crippen LogP contribution in [0.5, 0.6) is 0 Å². The van der Waals surface area contributed by atoms with Gasteiger partial charge in [-0.2, -0.15) is 0 Å². The van der Waals surface area contributed by atoms with E-state index in [-0.39, 0.29) is 35.5 Å². The third kappa shape index (κ3) is 9.71. The highest BCUT2D eigenvalue weighted by Gasteiger charge is 2.19. The number of likely N-dealkylation sites (tertiary alicyclic amines) is 1. The Bertz CT molecular complexity index is 435. The Labute approximate surface area is 158 Å². The average molecular weight is 460 g/mol. The molecule has 23 heavy (non-hydrogen) atoms. The van der Waals surface area contributed by atoms with Crippen molar-refractivity contribution in [3.63, 3.8) is 0 Å². The Morgan fingerprint density at radius 2 is 1.87 bits per heavy atom. The van der Waals surface area contributed by atoms with Crippen LogP contribution in [0.4, 0.5) is 0 Å². The summed E-state index contributed by atoms with van der Waals surface area (Å²) in [5.41, 5.74) is 0. The monoisotopic (exact) mass is 460 g/mol. The maximum atomic E-state index is 11.5. The molecule has 0 amide bonds. The predicted octanol–water partition coefficient (Wildman–Crippen LogP) is 1.47. The number of nitrogens with zero attached hydrogens (tertiary/aromatic N) is 2. The molecule has 6 nitrogen and oxygen atoms in total. The molecule has 0 aromatic carbocycles. The standard InChI is InChI=1S/C15H32N4O2S.HI/c1-4-10-19-11-7-14(8-12-19)18-15(16-5-2)17-9-13-22(20,21)6-3;/h14H,4-13H2,1-3H3,(H2,16,17,18);1H. The molecule has 1 heterocycles. The summed E-state index contributed by atoms with van der Waals surface area (Å²) in [6.45, 7) is 10.4. The lowest BCUT2D eigenvalue weighted by molar-refractivity contribution is 0.206. The molecule has 8 heteroatoms. The second kappa shape index (κ2) is 12.3. The number of rotatable bonds is 8. The van der Waals surface area contributed by atoms with E-state index in [2.05, 4.69) is 27.4 Å². The van der Waals surface area contributed by atoms with Gasteiger partial charge in [-0.05, 0) is 32.7 Å². The SMILES string of the molecule is CCCN1CCC(NC(=NCCS(=O)(=O)CC)NCC)CC1.I. The van der Waals surface area contributed by atoms with E-state index < -0.39 is 9.84 Å². The van der Waals surface area contributed by atoms with E-state index in [4.69, 9.17) is 0 Å². The van der Waals surface area contributed by atoms with Gasteiger partial charge in [0.15, 0.2) is 15.8 Å². The molecular weight excluding hydrogens is 427 g/mol. The van der Waals surface area contributed by atoms with Crippen LogP contribution >= 0.6 is 24.0 Å². The molecule has 2 N–H and O–H groups in total. The summed E-state index contributed by atoms with van der Waals surface area (Å²) in [6, 6.07) is 0.425. The van der Waals surface area contributed by atoms with Crippen molar-refractivity contribution >= 4 is 39.8 Å². The maximum Gasteiger partial charge on any atom is 0.191 e. The molecule has 1 rings (SSSR count). The minimum atomic E-state index is -2.95. The fraction of sp³-hybridized carbons (Fsp3) is 0.933. The molecule has 0 aromatic heterocycles. The third-order valence-electron chi connectivity index (χ3n) is 3.92. The first-order valence-electron chi connectivity index (χ1n) is 8.48. The topological polar surface area (TPSA) is 73.8 Å². The van der Waals surface area contributed by atoms with E-state index in [9.17, 15) is 8.42 Å². The summed E-state index contributed by atoms with van der Waals surface area (Å²) in [5.74, 6) is 1.04. The fourth-order valence-corrected chi connectivity index (χ4v) is 3.23. The van der Waals surface area contributed by atoms with Crippen LogP contribution in [-0.2, 0) is 9.84 Å². The average Bonchev–Trinajstić information content (AvgIpc) is 2.49. The van der Waals surface area contributed by atoms with Crippen LogP contribution in [0.25, 0.3) is 0 Å². The lowest BCUT2D eigenvalue weighted by atomic mass is 10.1. The third-order valence-corrected chi connectivity index (χ3v) is 5.61. The molecule has 1 saturated heterocycles. The smallest absolute Gasteiger partial charge is 0.191 e. The van der Waals surface area contributed by atoms with E-state index in [1.54, 1.807) is 6.92 Å². The van der Waals surface area contributed by atoms with E-state index in [1.165, 1.54) is 13.0 Å². The lowest BCUT2D eigenvalue weighted by Crippen LogP contribution is -2.48. The van der Waals surface area contributed by atoms with Crippen LogP contribution in [-0.4, -0.2) is 69.5 Å². The van der Waals surface area contributed by atoms with Crippen molar-refractivity contribution < 1.29 is 8.42 Å². The highest BCUT2D eigenvalue weighted by Crippen LogP contribution is 2.10. The van der Waals surface area contributed by atoms with Gasteiger partial charge in [0.25, 0.3) is 0 Å². The highest BCUT2D eigenvalue weighted by molar-refractivity contribution is 14.0. The quantitative estimate of drug-likeness (QED) is 0.326. The van der Waals surface area contributed by atoms with Crippen LogP contribution in [0, 0.1) is 0 Å². The molecule has 0 aliphatic carbocycles. The molecule has 138 valence electrons. The Hall–Kier alpha value is -0.0900. The highest BCUT2D eigenvalue weighted by atomic mass is 127. The number of piperidine rings is 1. The van der Waals surface area contributed by atoms with Gasteiger partial charge >= 0.3 is 0 Å². The Morgan fingerprint density at radius 3 is 2.39 bits per heavy atom. The minimum Gasteiger partial charge on any atom is -0.357 e. The van der Waals surface area contributed by atoms with E-state index in [0.29, 0.717) is 12.6 Å². The number of sulfone groups is 1. The van der Waals surface area contributed by atoms with Gasteiger partial charge in [0.2, 0.25) is 0 Å².